The van der Waals surface area contributed by atoms with E-state index in [2.05, 4.69) is 54.4 Å². The minimum absolute atomic E-state index is 0.944. The minimum atomic E-state index is 0.944. The lowest BCUT2D eigenvalue weighted by Gasteiger charge is -2.02. The predicted molar refractivity (Wildman–Crippen MR) is 54.9 cm³/mol. The molecule has 57 valence electrons. The lowest BCUT2D eigenvalue weighted by atomic mass is 9.66. The average Bonchev–Trinajstić information content (AvgIpc) is 2.06. The summed E-state index contributed by atoms with van der Waals surface area (Å²) in [6.45, 7) is 2.16. The van der Waals surface area contributed by atoms with E-state index in [4.69, 9.17) is 0 Å². The Hall–Kier alpha value is -0.235. The maximum absolute atomic E-state index is 3.46. The van der Waals surface area contributed by atoms with Gasteiger partial charge in [0.05, 0.1) is 0 Å². The fourth-order valence-corrected chi connectivity index (χ4v) is 1.59. The largest absolute Gasteiger partial charge is 0.151 e. The van der Waals surface area contributed by atoms with Crippen LogP contribution in [-0.4, -0.2) is 7.28 Å². The Kier molecular flexibility index (Phi) is 3.71. The van der Waals surface area contributed by atoms with Gasteiger partial charge in [0.2, 0.25) is 0 Å². The highest BCUT2D eigenvalue weighted by Gasteiger charge is 1.98. The zero-order valence-corrected chi connectivity index (χ0v) is 8.26. The first kappa shape index (κ1) is 8.86. The number of alkyl halides is 1. The van der Waals surface area contributed by atoms with Crippen molar-refractivity contribution in [2.75, 3.05) is 0 Å². The molecule has 1 aromatic carbocycles. The lowest BCUT2D eigenvalue weighted by Crippen LogP contribution is -2.16. The molecular formula is C9H11BBr. The van der Waals surface area contributed by atoms with Gasteiger partial charge in [-0.2, -0.15) is 0 Å². The van der Waals surface area contributed by atoms with E-state index >= 15 is 0 Å². The first-order chi connectivity index (χ1) is 5.38. The van der Waals surface area contributed by atoms with E-state index in [0.717, 1.165) is 11.7 Å². The monoisotopic (exact) mass is 209 g/mol. The highest BCUT2D eigenvalue weighted by atomic mass is 79.9. The van der Waals surface area contributed by atoms with Crippen molar-refractivity contribution < 1.29 is 0 Å². The van der Waals surface area contributed by atoms with Crippen molar-refractivity contribution in [3.8, 4) is 0 Å². The molecule has 1 rings (SSSR count). The minimum Gasteiger partial charge on any atom is -0.0877 e. The van der Waals surface area contributed by atoms with Gasteiger partial charge in [0.15, 0.2) is 7.28 Å². The zero-order valence-electron chi connectivity index (χ0n) is 6.68. The molecule has 0 spiro atoms. The van der Waals surface area contributed by atoms with Gasteiger partial charge in [-0.25, -0.2) is 0 Å². The fourth-order valence-electron chi connectivity index (χ4n) is 1.07. The van der Waals surface area contributed by atoms with Crippen molar-refractivity contribution in [3.05, 3.63) is 29.8 Å². The smallest absolute Gasteiger partial charge is 0.0877 e. The van der Waals surface area contributed by atoms with Crippen LogP contribution in [0.3, 0.4) is 0 Å². The van der Waals surface area contributed by atoms with Crippen LogP contribution in [0.2, 0.25) is 6.32 Å². The zero-order chi connectivity index (χ0) is 8.10. The van der Waals surface area contributed by atoms with Crippen molar-refractivity contribution in [1.82, 2.24) is 0 Å². The molecule has 0 aliphatic carbocycles. The second-order valence-corrected chi connectivity index (χ2v) is 3.01. The average molecular weight is 210 g/mol. The van der Waals surface area contributed by atoms with Crippen molar-refractivity contribution in [3.63, 3.8) is 0 Å². The number of hydrogen-bond donors (Lipinski definition) is 0. The van der Waals surface area contributed by atoms with Gasteiger partial charge in [-0.3, -0.25) is 0 Å². The molecule has 1 radical (unpaired) electrons. The van der Waals surface area contributed by atoms with E-state index in [9.17, 15) is 0 Å². The Labute approximate surface area is 77.4 Å². The van der Waals surface area contributed by atoms with Crippen LogP contribution in [0.5, 0.6) is 0 Å². The number of halogens is 1. The van der Waals surface area contributed by atoms with Gasteiger partial charge < -0.3 is 0 Å². The fraction of sp³-hybridized carbons (Fsp3) is 0.333. The highest BCUT2D eigenvalue weighted by molar-refractivity contribution is 9.08. The quantitative estimate of drug-likeness (QED) is 0.530. The Morgan fingerprint density at radius 1 is 1.36 bits per heavy atom. The second-order valence-electron chi connectivity index (χ2n) is 2.44. The summed E-state index contributed by atoms with van der Waals surface area (Å²) in [7, 11) is 2.25. The van der Waals surface area contributed by atoms with E-state index in [0.29, 0.717) is 0 Å². The van der Waals surface area contributed by atoms with Crippen molar-refractivity contribution >= 4 is 28.7 Å². The molecule has 0 saturated heterocycles. The van der Waals surface area contributed by atoms with Gasteiger partial charge in [-0.1, -0.05) is 58.9 Å². The van der Waals surface area contributed by atoms with Gasteiger partial charge in [-0.15, -0.1) is 0 Å². The molecule has 0 N–H and O–H groups in total. The molecule has 0 atom stereocenters. The first-order valence-corrected chi connectivity index (χ1v) is 4.97. The molecule has 0 saturated carbocycles. The Balaban J connectivity index is 2.83. The maximum atomic E-state index is 3.46. The van der Waals surface area contributed by atoms with Crippen LogP contribution >= 0.6 is 15.9 Å². The molecule has 0 aromatic heterocycles. The third-order valence-electron chi connectivity index (χ3n) is 1.62. The summed E-state index contributed by atoms with van der Waals surface area (Å²) in [4.78, 5) is 0. The third-order valence-corrected chi connectivity index (χ3v) is 2.23. The maximum Gasteiger partial charge on any atom is 0.151 e. The van der Waals surface area contributed by atoms with Gasteiger partial charge in [0.1, 0.15) is 0 Å². The molecule has 2 heteroatoms. The molecule has 0 aliphatic rings. The van der Waals surface area contributed by atoms with Gasteiger partial charge >= 0.3 is 0 Å². The lowest BCUT2D eigenvalue weighted by molar-refractivity contribution is 1.43. The number of benzene rings is 1. The van der Waals surface area contributed by atoms with Gasteiger partial charge in [0.25, 0.3) is 0 Å². The molecule has 1 aromatic rings. The van der Waals surface area contributed by atoms with Crippen LogP contribution in [0.4, 0.5) is 0 Å². The summed E-state index contributed by atoms with van der Waals surface area (Å²) in [6, 6.07) is 8.45. The van der Waals surface area contributed by atoms with Crippen LogP contribution in [-0.2, 0) is 5.33 Å². The number of rotatable bonds is 3. The van der Waals surface area contributed by atoms with Crippen molar-refractivity contribution in [1.29, 1.82) is 0 Å². The molecule has 0 fully saturated rings. The molecule has 11 heavy (non-hydrogen) atoms. The molecule has 0 aliphatic heterocycles. The summed E-state index contributed by atoms with van der Waals surface area (Å²) < 4.78 is 0. The normalized spacial score (nSPS) is 9.64. The highest BCUT2D eigenvalue weighted by Crippen LogP contribution is 2.01. The van der Waals surface area contributed by atoms with E-state index in [1.807, 2.05) is 0 Å². The number of hydrogen-bond acceptors (Lipinski definition) is 0. The van der Waals surface area contributed by atoms with Crippen LogP contribution in [0, 0.1) is 0 Å². The Morgan fingerprint density at radius 3 is 2.73 bits per heavy atom. The van der Waals surface area contributed by atoms with Crippen LogP contribution in [0.25, 0.3) is 0 Å². The molecule has 0 bridgehead atoms. The van der Waals surface area contributed by atoms with Crippen LogP contribution < -0.4 is 5.46 Å². The first-order valence-electron chi connectivity index (χ1n) is 3.85. The van der Waals surface area contributed by atoms with Crippen LogP contribution in [0.1, 0.15) is 12.5 Å². The standard InChI is InChI=1S/C9H11BBr/c1-2-10-9-6-4-3-5-8(9)7-11/h3-6H,2,7H2,1H3. The van der Waals surface area contributed by atoms with Crippen LogP contribution in [0.15, 0.2) is 24.3 Å². The third kappa shape index (κ3) is 2.37. The van der Waals surface area contributed by atoms with Gasteiger partial charge in [0, 0.05) is 5.33 Å². The Morgan fingerprint density at radius 2 is 2.09 bits per heavy atom. The van der Waals surface area contributed by atoms with Gasteiger partial charge in [-0.05, 0) is 5.56 Å². The van der Waals surface area contributed by atoms with E-state index < -0.39 is 0 Å². The summed E-state index contributed by atoms with van der Waals surface area (Å²) in [6.07, 6.45) is 1.10. The summed E-state index contributed by atoms with van der Waals surface area (Å²) in [5.74, 6) is 0. The molecule has 0 nitrogen and oxygen atoms in total. The summed E-state index contributed by atoms with van der Waals surface area (Å²) >= 11 is 3.46. The molecule has 0 heterocycles. The predicted octanol–water partition coefficient (Wildman–Crippen LogP) is 2.35. The van der Waals surface area contributed by atoms with E-state index in [1.54, 1.807) is 0 Å². The second kappa shape index (κ2) is 4.60. The summed E-state index contributed by atoms with van der Waals surface area (Å²) in [5.41, 5.74) is 2.72. The molecule has 0 amide bonds. The molecule has 0 unspecified atom stereocenters. The topological polar surface area (TPSA) is 0 Å². The van der Waals surface area contributed by atoms with E-state index in [1.165, 1.54) is 11.0 Å². The van der Waals surface area contributed by atoms with Crippen molar-refractivity contribution in [2.45, 2.75) is 18.6 Å². The van der Waals surface area contributed by atoms with Crippen molar-refractivity contribution in [2.24, 2.45) is 0 Å². The summed E-state index contributed by atoms with van der Waals surface area (Å²) in [5, 5.41) is 0.944. The SMILES string of the molecule is CC[B]c1ccccc1CBr. The molecular weight excluding hydrogens is 199 g/mol. The van der Waals surface area contributed by atoms with E-state index in [-0.39, 0.29) is 0 Å². The Bertz CT molecular complexity index is 223.